The van der Waals surface area contributed by atoms with Crippen LogP contribution in [0.15, 0.2) is 18.2 Å². The summed E-state index contributed by atoms with van der Waals surface area (Å²) in [5.74, 6) is 0.651. The highest BCUT2D eigenvalue weighted by Crippen LogP contribution is 2.38. The summed E-state index contributed by atoms with van der Waals surface area (Å²) in [7, 11) is 0. The van der Waals surface area contributed by atoms with E-state index in [4.69, 9.17) is 5.11 Å². The highest BCUT2D eigenvalue weighted by atomic mass is 16.4. The van der Waals surface area contributed by atoms with Crippen LogP contribution in [0.25, 0.3) is 11.0 Å². The van der Waals surface area contributed by atoms with E-state index in [9.17, 15) is 4.79 Å². The molecule has 3 rings (SSSR count). The van der Waals surface area contributed by atoms with E-state index in [1.807, 2.05) is 0 Å². The fourth-order valence-electron chi connectivity index (χ4n) is 1.71. The number of hydrogen-bond acceptors (Lipinski definition) is 2. The number of rotatable bonds is 2. The van der Waals surface area contributed by atoms with Gasteiger partial charge in [-0.3, -0.25) is 0 Å². The van der Waals surface area contributed by atoms with Crippen molar-refractivity contribution < 1.29 is 9.90 Å². The Balaban J connectivity index is 2.13. The number of carboxylic acids is 1. The molecule has 0 radical (unpaired) electrons. The first-order valence-electron chi connectivity index (χ1n) is 4.97. The number of carboxylic acid groups (broad SMARTS) is 1. The van der Waals surface area contributed by atoms with Gasteiger partial charge in [0.1, 0.15) is 5.82 Å². The summed E-state index contributed by atoms with van der Waals surface area (Å²) in [5.41, 5.74) is 1.96. The van der Waals surface area contributed by atoms with Gasteiger partial charge in [0.05, 0.1) is 16.6 Å². The van der Waals surface area contributed by atoms with Crippen LogP contribution in [-0.4, -0.2) is 21.0 Å². The third kappa shape index (κ3) is 1.38. The standard InChI is InChI=1S/C11H10N2O2/c14-11(15)7-3-4-8-9(5-7)13-10(12-8)6-1-2-6/h3-6H,1-2H2,(H,12,13)(H,14,15). The zero-order chi connectivity index (χ0) is 10.4. The second kappa shape index (κ2) is 2.82. The molecule has 1 aliphatic carbocycles. The summed E-state index contributed by atoms with van der Waals surface area (Å²) >= 11 is 0. The van der Waals surface area contributed by atoms with Crippen LogP contribution in [0.4, 0.5) is 0 Å². The summed E-state index contributed by atoms with van der Waals surface area (Å²) in [6.45, 7) is 0. The molecule has 0 saturated heterocycles. The van der Waals surface area contributed by atoms with E-state index in [1.54, 1.807) is 18.2 Å². The monoisotopic (exact) mass is 202 g/mol. The molecule has 0 atom stereocenters. The number of nitrogens with zero attached hydrogens (tertiary/aromatic N) is 1. The van der Waals surface area contributed by atoms with Gasteiger partial charge in [-0.1, -0.05) is 0 Å². The summed E-state index contributed by atoms with van der Waals surface area (Å²) in [4.78, 5) is 18.4. The van der Waals surface area contributed by atoms with Crippen LogP contribution in [0.2, 0.25) is 0 Å². The molecule has 1 fully saturated rings. The van der Waals surface area contributed by atoms with Gasteiger partial charge in [0, 0.05) is 5.92 Å². The first-order chi connectivity index (χ1) is 7.24. The molecule has 4 nitrogen and oxygen atoms in total. The third-order valence-corrected chi connectivity index (χ3v) is 2.71. The van der Waals surface area contributed by atoms with Crippen LogP contribution < -0.4 is 0 Å². The molecule has 1 aromatic heterocycles. The molecule has 1 saturated carbocycles. The van der Waals surface area contributed by atoms with Crippen LogP contribution in [0, 0.1) is 0 Å². The number of imidazole rings is 1. The SMILES string of the molecule is O=C(O)c1ccc2nc(C3CC3)[nH]c2c1. The zero-order valence-corrected chi connectivity index (χ0v) is 8.03. The molecule has 4 heteroatoms. The van der Waals surface area contributed by atoms with Gasteiger partial charge < -0.3 is 10.1 Å². The van der Waals surface area contributed by atoms with Crippen molar-refractivity contribution in [3.63, 3.8) is 0 Å². The van der Waals surface area contributed by atoms with Gasteiger partial charge in [-0.15, -0.1) is 0 Å². The Morgan fingerprint density at radius 2 is 2.27 bits per heavy atom. The lowest BCUT2D eigenvalue weighted by atomic mass is 10.2. The van der Waals surface area contributed by atoms with Crippen molar-refractivity contribution in [2.75, 3.05) is 0 Å². The molecule has 15 heavy (non-hydrogen) atoms. The predicted molar refractivity (Wildman–Crippen MR) is 55.0 cm³/mol. The van der Waals surface area contributed by atoms with Gasteiger partial charge in [0.2, 0.25) is 0 Å². The minimum Gasteiger partial charge on any atom is -0.478 e. The smallest absolute Gasteiger partial charge is 0.335 e. The number of aromatic amines is 1. The van der Waals surface area contributed by atoms with Crippen molar-refractivity contribution in [1.82, 2.24) is 9.97 Å². The quantitative estimate of drug-likeness (QED) is 0.784. The second-order valence-electron chi connectivity index (χ2n) is 3.93. The maximum Gasteiger partial charge on any atom is 0.335 e. The molecule has 0 unspecified atom stereocenters. The van der Waals surface area contributed by atoms with Crippen LogP contribution in [0.3, 0.4) is 0 Å². The first kappa shape index (κ1) is 8.47. The van der Waals surface area contributed by atoms with Crippen molar-refractivity contribution in [2.45, 2.75) is 18.8 Å². The Kier molecular flexibility index (Phi) is 1.59. The van der Waals surface area contributed by atoms with Gasteiger partial charge in [-0.2, -0.15) is 0 Å². The normalized spacial score (nSPS) is 15.7. The largest absolute Gasteiger partial charge is 0.478 e. The lowest BCUT2D eigenvalue weighted by Crippen LogP contribution is -1.94. The van der Waals surface area contributed by atoms with Crippen molar-refractivity contribution in [2.24, 2.45) is 0 Å². The second-order valence-corrected chi connectivity index (χ2v) is 3.93. The highest BCUT2D eigenvalue weighted by Gasteiger charge is 2.26. The Labute approximate surface area is 86.0 Å². The number of carbonyl (C=O) groups is 1. The lowest BCUT2D eigenvalue weighted by Gasteiger charge is -1.92. The van der Waals surface area contributed by atoms with Crippen molar-refractivity contribution in [3.8, 4) is 0 Å². The third-order valence-electron chi connectivity index (χ3n) is 2.71. The van der Waals surface area contributed by atoms with E-state index in [-0.39, 0.29) is 0 Å². The van der Waals surface area contributed by atoms with Crippen molar-refractivity contribution in [1.29, 1.82) is 0 Å². The fraction of sp³-hybridized carbons (Fsp3) is 0.273. The number of hydrogen-bond donors (Lipinski definition) is 2. The number of nitrogens with one attached hydrogen (secondary N) is 1. The molecular formula is C11H10N2O2. The molecule has 76 valence electrons. The number of benzene rings is 1. The zero-order valence-electron chi connectivity index (χ0n) is 8.03. The van der Waals surface area contributed by atoms with E-state index >= 15 is 0 Å². The average Bonchev–Trinajstić information content (AvgIpc) is 2.97. The van der Waals surface area contributed by atoms with Crippen LogP contribution in [-0.2, 0) is 0 Å². The molecule has 1 aromatic carbocycles. The Morgan fingerprint density at radius 1 is 1.47 bits per heavy atom. The lowest BCUT2D eigenvalue weighted by molar-refractivity contribution is 0.0697. The molecule has 2 N–H and O–H groups in total. The van der Waals surface area contributed by atoms with Crippen LogP contribution >= 0.6 is 0 Å². The summed E-state index contributed by atoms with van der Waals surface area (Å²) < 4.78 is 0. The van der Waals surface area contributed by atoms with Crippen LogP contribution in [0.1, 0.15) is 34.9 Å². The van der Waals surface area contributed by atoms with E-state index in [2.05, 4.69) is 9.97 Å². The summed E-state index contributed by atoms with van der Waals surface area (Å²) in [6.07, 6.45) is 2.37. The number of fused-ring (bicyclic) bond motifs is 1. The fourth-order valence-corrected chi connectivity index (χ4v) is 1.71. The van der Waals surface area contributed by atoms with E-state index < -0.39 is 5.97 Å². The molecule has 0 bridgehead atoms. The highest BCUT2D eigenvalue weighted by molar-refractivity contribution is 5.92. The van der Waals surface area contributed by atoms with Gasteiger partial charge in [0.25, 0.3) is 0 Å². The maximum absolute atomic E-state index is 10.8. The average molecular weight is 202 g/mol. The minimum absolute atomic E-state index is 0.300. The molecule has 1 aliphatic rings. The van der Waals surface area contributed by atoms with E-state index in [0.717, 1.165) is 16.9 Å². The van der Waals surface area contributed by atoms with Gasteiger partial charge in [-0.05, 0) is 31.0 Å². The predicted octanol–water partition coefficient (Wildman–Crippen LogP) is 2.14. The first-order valence-corrected chi connectivity index (χ1v) is 4.97. The molecule has 2 aromatic rings. The Morgan fingerprint density at radius 3 is 2.93 bits per heavy atom. The van der Waals surface area contributed by atoms with Crippen molar-refractivity contribution in [3.05, 3.63) is 29.6 Å². The molecule has 0 amide bonds. The van der Waals surface area contributed by atoms with Crippen molar-refractivity contribution >= 4 is 17.0 Å². The summed E-state index contributed by atoms with van der Waals surface area (Å²) in [5, 5.41) is 8.84. The topological polar surface area (TPSA) is 66.0 Å². The number of aromatic nitrogens is 2. The van der Waals surface area contributed by atoms with Gasteiger partial charge in [-0.25, -0.2) is 9.78 Å². The maximum atomic E-state index is 10.8. The minimum atomic E-state index is -0.903. The van der Waals surface area contributed by atoms with E-state index in [1.165, 1.54) is 12.8 Å². The Bertz CT molecular complexity index is 541. The number of aromatic carboxylic acids is 1. The molecule has 1 heterocycles. The van der Waals surface area contributed by atoms with Crippen LogP contribution in [0.5, 0.6) is 0 Å². The molecule has 0 spiro atoms. The Hall–Kier alpha value is -1.84. The van der Waals surface area contributed by atoms with Gasteiger partial charge >= 0.3 is 5.97 Å². The summed E-state index contributed by atoms with van der Waals surface area (Å²) in [6, 6.07) is 4.97. The molecular weight excluding hydrogens is 192 g/mol. The van der Waals surface area contributed by atoms with Gasteiger partial charge in [0.15, 0.2) is 0 Å². The van der Waals surface area contributed by atoms with E-state index in [0.29, 0.717) is 11.5 Å². The number of H-pyrrole nitrogens is 1. The molecule has 0 aliphatic heterocycles.